The SMILES string of the molecule is CC1(C)OC[C@@](C)(c2ccnc(-c3cccc4cc(C(N)c5cc(N(C(=O)O)C(=O)O)ccc5Cl)sc34)c2)O1. The van der Waals surface area contributed by atoms with Crippen LogP contribution in [0.5, 0.6) is 0 Å². The van der Waals surface area contributed by atoms with E-state index in [1.165, 1.54) is 29.5 Å². The highest BCUT2D eigenvalue weighted by molar-refractivity contribution is 7.19. The number of aromatic nitrogens is 1. The predicted octanol–water partition coefficient (Wildman–Crippen LogP) is 6.83. The Morgan fingerprint density at radius 1 is 1.10 bits per heavy atom. The van der Waals surface area contributed by atoms with Crippen LogP contribution in [0.4, 0.5) is 15.3 Å². The van der Waals surface area contributed by atoms with Crippen LogP contribution < -0.4 is 10.6 Å². The molecule has 11 heteroatoms. The van der Waals surface area contributed by atoms with Crippen LogP contribution in [0.15, 0.2) is 60.8 Å². The molecule has 1 aliphatic rings. The lowest BCUT2D eigenvalue weighted by Crippen LogP contribution is -2.34. The second kappa shape index (κ2) is 9.89. The molecule has 1 aliphatic heterocycles. The summed E-state index contributed by atoms with van der Waals surface area (Å²) in [5.41, 5.74) is 8.98. The Hall–Kier alpha value is -3.54. The van der Waals surface area contributed by atoms with Gasteiger partial charge >= 0.3 is 12.2 Å². The van der Waals surface area contributed by atoms with E-state index < -0.39 is 29.6 Å². The van der Waals surface area contributed by atoms with Gasteiger partial charge in [-0.3, -0.25) is 4.98 Å². The summed E-state index contributed by atoms with van der Waals surface area (Å²) in [6.45, 7) is 6.20. The number of amides is 2. The minimum absolute atomic E-state index is 0.0672. The smallest absolute Gasteiger partial charge is 0.421 e. The van der Waals surface area contributed by atoms with Gasteiger partial charge in [-0.15, -0.1) is 11.3 Å². The number of anilines is 1. The van der Waals surface area contributed by atoms with Gasteiger partial charge in [0.25, 0.3) is 0 Å². The highest BCUT2D eigenvalue weighted by Crippen LogP contribution is 2.42. The summed E-state index contributed by atoms with van der Waals surface area (Å²) >= 11 is 7.89. The summed E-state index contributed by atoms with van der Waals surface area (Å²) in [6, 6.07) is 15.2. The van der Waals surface area contributed by atoms with E-state index >= 15 is 0 Å². The zero-order valence-corrected chi connectivity index (χ0v) is 22.9. The number of benzene rings is 2. The molecule has 0 bridgehead atoms. The molecule has 2 aromatic heterocycles. The lowest BCUT2D eigenvalue weighted by atomic mass is 9.96. The number of hydrogen-bond donors (Lipinski definition) is 3. The van der Waals surface area contributed by atoms with Gasteiger partial charge in [-0.1, -0.05) is 29.8 Å². The number of pyridine rings is 1. The van der Waals surface area contributed by atoms with E-state index in [1.54, 1.807) is 6.20 Å². The van der Waals surface area contributed by atoms with Crippen LogP contribution in [-0.2, 0) is 15.1 Å². The fraction of sp³-hybridized carbons (Fsp3) is 0.250. The molecule has 0 saturated carbocycles. The average molecular weight is 568 g/mol. The summed E-state index contributed by atoms with van der Waals surface area (Å²) in [4.78, 5) is 28.6. The van der Waals surface area contributed by atoms with Crippen molar-refractivity contribution in [2.75, 3.05) is 11.5 Å². The zero-order chi connectivity index (χ0) is 28.1. The van der Waals surface area contributed by atoms with Gasteiger partial charge in [0.1, 0.15) is 5.60 Å². The molecular weight excluding hydrogens is 542 g/mol. The van der Waals surface area contributed by atoms with Crippen molar-refractivity contribution in [3.63, 3.8) is 0 Å². The number of imide groups is 1. The van der Waals surface area contributed by atoms with E-state index in [2.05, 4.69) is 4.98 Å². The molecule has 3 heterocycles. The van der Waals surface area contributed by atoms with Crippen LogP contribution in [0.25, 0.3) is 21.3 Å². The monoisotopic (exact) mass is 567 g/mol. The standard InChI is InChI=1S/C28H26ClN3O6S/c1-27(2)37-14-28(3,38-27)16-9-10-31-21(12-16)18-6-4-5-15-11-22(39-24(15)18)23(30)19-13-17(7-8-20(19)29)32(25(33)34)26(35)36/h4-13,23H,14,30H2,1-3H3,(H,33,34)(H,35,36)/t23?,28-/m0/s1. The quantitative estimate of drug-likeness (QED) is 0.239. The van der Waals surface area contributed by atoms with Crippen molar-refractivity contribution in [3.8, 4) is 11.3 Å². The van der Waals surface area contributed by atoms with Crippen LogP contribution in [-0.4, -0.2) is 39.8 Å². The number of fused-ring (bicyclic) bond motifs is 1. The first-order chi connectivity index (χ1) is 18.4. The van der Waals surface area contributed by atoms with Gasteiger partial charge in [-0.2, -0.15) is 4.90 Å². The summed E-state index contributed by atoms with van der Waals surface area (Å²) in [6.07, 6.45) is -1.50. The van der Waals surface area contributed by atoms with Crippen molar-refractivity contribution in [2.45, 2.75) is 38.2 Å². The lowest BCUT2D eigenvalue weighted by Gasteiger charge is -2.25. The van der Waals surface area contributed by atoms with Gasteiger partial charge in [0, 0.05) is 26.4 Å². The Bertz CT molecular complexity index is 1590. The molecule has 39 heavy (non-hydrogen) atoms. The summed E-state index contributed by atoms with van der Waals surface area (Å²) in [5, 5.41) is 19.9. The highest BCUT2D eigenvalue weighted by atomic mass is 35.5. The second-order valence-electron chi connectivity index (χ2n) is 9.91. The van der Waals surface area contributed by atoms with Gasteiger partial charge in [0.05, 0.1) is 24.0 Å². The molecule has 2 aromatic carbocycles. The molecular formula is C28H26ClN3O6S. The number of nitrogens with zero attached hydrogens (tertiary/aromatic N) is 2. The van der Waals surface area contributed by atoms with Gasteiger partial charge in [-0.25, -0.2) is 9.59 Å². The first-order valence-corrected chi connectivity index (χ1v) is 13.2. The predicted molar refractivity (Wildman–Crippen MR) is 150 cm³/mol. The summed E-state index contributed by atoms with van der Waals surface area (Å²) in [5.74, 6) is -0.679. The van der Waals surface area contributed by atoms with Gasteiger partial charge < -0.3 is 25.4 Å². The Balaban J connectivity index is 1.53. The number of nitrogens with two attached hydrogens (primary N) is 1. The Labute approximate surface area is 233 Å². The lowest BCUT2D eigenvalue weighted by molar-refractivity contribution is -0.159. The van der Waals surface area contributed by atoms with Crippen LogP contribution >= 0.6 is 22.9 Å². The van der Waals surface area contributed by atoms with Crippen molar-refractivity contribution in [1.82, 2.24) is 4.98 Å². The molecule has 4 N–H and O–H groups in total. The molecule has 2 atom stereocenters. The van der Waals surface area contributed by atoms with E-state index in [9.17, 15) is 19.8 Å². The first kappa shape index (κ1) is 27.0. The first-order valence-electron chi connectivity index (χ1n) is 12.0. The minimum atomic E-state index is -1.63. The number of halogens is 1. The van der Waals surface area contributed by atoms with E-state index in [0.717, 1.165) is 31.8 Å². The van der Waals surface area contributed by atoms with E-state index in [-0.39, 0.29) is 10.6 Å². The largest absolute Gasteiger partial charge is 0.464 e. The minimum Gasteiger partial charge on any atom is -0.464 e. The summed E-state index contributed by atoms with van der Waals surface area (Å²) in [7, 11) is 0. The molecule has 1 unspecified atom stereocenters. The third kappa shape index (κ3) is 5.09. The molecule has 4 aromatic rings. The number of rotatable bonds is 5. The molecule has 0 radical (unpaired) electrons. The maximum atomic E-state index is 11.5. The number of carbonyl (C=O) groups is 2. The summed E-state index contributed by atoms with van der Waals surface area (Å²) < 4.78 is 13.0. The van der Waals surface area contributed by atoms with Crippen molar-refractivity contribution in [3.05, 3.63) is 81.8 Å². The third-order valence-corrected chi connectivity index (χ3v) is 8.25. The van der Waals surface area contributed by atoms with Crippen molar-refractivity contribution < 1.29 is 29.3 Å². The topological polar surface area (TPSA) is 135 Å². The molecule has 2 amide bonds. The van der Waals surface area contributed by atoms with Crippen LogP contribution in [0, 0.1) is 0 Å². The van der Waals surface area contributed by atoms with Crippen LogP contribution in [0.2, 0.25) is 5.02 Å². The molecule has 1 saturated heterocycles. The van der Waals surface area contributed by atoms with Crippen LogP contribution in [0.3, 0.4) is 0 Å². The van der Waals surface area contributed by atoms with E-state index in [4.69, 9.17) is 26.8 Å². The molecule has 9 nitrogen and oxygen atoms in total. The average Bonchev–Trinajstić information content (AvgIpc) is 3.44. The molecule has 1 fully saturated rings. The maximum absolute atomic E-state index is 11.5. The number of hydrogen-bond acceptors (Lipinski definition) is 7. The third-order valence-electron chi connectivity index (χ3n) is 6.64. The van der Waals surface area contributed by atoms with Gasteiger partial charge in [0.15, 0.2) is 5.79 Å². The number of ether oxygens (including phenoxy) is 2. The van der Waals surface area contributed by atoms with Crippen LogP contribution in [0.1, 0.15) is 42.8 Å². The van der Waals surface area contributed by atoms with Crippen molar-refractivity contribution in [1.29, 1.82) is 0 Å². The number of thiophene rings is 1. The van der Waals surface area contributed by atoms with E-state index in [0.29, 0.717) is 17.2 Å². The van der Waals surface area contributed by atoms with E-state index in [1.807, 2.05) is 57.2 Å². The fourth-order valence-electron chi connectivity index (χ4n) is 4.76. The Morgan fingerprint density at radius 3 is 2.51 bits per heavy atom. The second-order valence-corrected chi connectivity index (χ2v) is 11.4. The maximum Gasteiger partial charge on any atom is 0.421 e. The Kier molecular flexibility index (Phi) is 6.86. The Morgan fingerprint density at radius 2 is 1.85 bits per heavy atom. The molecule has 0 spiro atoms. The van der Waals surface area contributed by atoms with Gasteiger partial charge in [-0.05, 0) is 73.7 Å². The van der Waals surface area contributed by atoms with Gasteiger partial charge in [0.2, 0.25) is 0 Å². The molecule has 5 rings (SSSR count). The normalized spacial score (nSPS) is 19.2. The van der Waals surface area contributed by atoms with Crippen molar-refractivity contribution >= 4 is 50.9 Å². The highest BCUT2D eigenvalue weighted by Gasteiger charge is 2.43. The molecule has 0 aliphatic carbocycles. The fourth-order valence-corrected chi connectivity index (χ4v) is 6.20. The van der Waals surface area contributed by atoms with Crippen molar-refractivity contribution in [2.24, 2.45) is 5.73 Å². The zero-order valence-electron chi connectivity index (χ0n) is 21.3. The number of carboxylic acid groups (broad SMARTS) is 2. The molecule has 202 valence electrons.